The molecule has 6 nitrogen and oxygen atoms in total. The lowest BCUT2D eigenvalue weighted by atomic mass is 11.0. The lowest BCUT2D eigenvalue weighted by Crippen LogP contribution is -2.28. The first-order valence-corrected chi connectivity index (χ1v) is 2.49. The molecule has 0 radical (unpaired) electrons. The van der Waals surface area contributed by atoms with Gasteiger partial charge in [0, 0.05) is 14.1 Å². The van der Waals surface area contributed by atoms with Crippen LogP contribution in [-0.2, 0) is 0 Å². The van der Waals surface area contributed by atoms with Crippen LogP contribution >= 0.6 is 0 Å². The van der Waals surface area contributed by atoms with Crippen LogP contribution in [0.4, 0.5) is 9.59 Å². The van der Waals surface area contributed by atoms with E-state index in [4.69, 9.17) is 4.79 Å². The molecule has 6 heteroatoms. The summed E-state index contributed by atoms with van der Waals surface area (Å²) in [5.41, 5.74) is 8.50. The molecule has 0 aromatic heterocycles. The average Bonchev–Trinajstić information content (AvgIpc) is 1.85. The summed E-state index contributed by atoms with van der Waals surface area (Å²) in [4.78, 5) is 19.0. The van der Waals surface area contributed by atoms with Crippen molar-refractivity contribution in [1.82, 2.24) is 10.6 Å². The molecule has 0 aromatic rings. The maximum Gasteiger partial charge on any atom is 0.314 e. The van der Waals surface area contributed by atoms with E-state index in [9.17, 15) is 4.79 Å². The van der Waals surface area contributed by atoms with E-state index in [1.165, 1.54) is 0 Å². The Labute approximate surface area is 58.9 Å². The summed E-state index contributed by atoms with van der Waals surface area (Å²) in [5.74, 6) is 0. The van der Waals surface area contributed by atoms with Crippen molar-refractivity contribution < 1.29 is 9.59 Å². The number of nitrogens with two attached hydrogens (primary N) is 2. The molecule has 0 heterocycles. The van der Waals surface area contributed by atoms with Crippen LogP contribution in [0.25, 0.3) is 0 Å². The van der Waals surface area contributed by atoms with Gasteiger partial charge in [-0.1, -0.05) is 0 Å². The summed E-state index contributed by atoms with van der Waals surface area (Å²) in [6.45, 7) is 0. The maximum atomic E-state index is 9.96. The van der Waals surface area contributed by atoms with Crippen molar-refractivity contribution in [1.29, 1.82) is 0 Å². The van der Waals surface area contributed by atoms with E-state index in [0.29, 0.717) is 0 Å². The molecular weight excluding hydrogens is 136 g/mol. The summed E-state index contributed by atoms with van der Waals surface area (Å²) < 4.78 is 0. The Kier molecular flexibility index (Phi) is 8.56. The highest BCUT2D eigenvalue weighted by atomic mass is 16.2. The topological polar surface area (TPSA) is 110 Å². The predicted molar refractivity (Wildman–Crippen MR) is 37.3 cm³/mol. The largest absolute Gasteiger partial charge is 0.352 e. The minimum absolute atomic E-state index is 0.157. The quantitative estimate of drug-likeness (QED) is 0.337. The summed E-state index contributed by atoms with van der Waals surface area (Å²) in [6.07, 6.45) is 0. The summed E-state index contributed by atoms with van der Waals surface area (Å²) >= 11 is 0. The van der Waals surface area contributed by atoms with Gasteiger partial charge in [0.05, 0.1) is 0 Å². The molecule has 0 bridgehead atoms. The molecule has 6 N–H and O–H groups in total. The van der Waals surface area contributed by atoms with Crippen LogP contribution in [0.2, 0.25) is 0 Å². The van der Waals surface area contributed by atoms with Gasteiger partial charge < -0.3 is 22.1 Å². The zero-order chi connectivity index (χ0) is 8.57. The minimum atomic E-state index is -0.833. The van der Waals surface area contributed by atoms with E-state index in [2.05, 4.69) is 22.1 Å². The molecule has 0 spiro atoms. The number of urea groups is 2. The fourth-order valence-electron chi connectivity index (χ4n) is 0.125. The van der Waals surface area contributed by atoms with E-state index >= 15 is 0 Å². The summed E-state index contributed by atoms with van der Waals surface area (Å²) in [5, 5.41) is 4.73. The van der Waals surface area contributed by atoms with Crippen molar-refractivity contribution in [3.05, 3.63) is 0 Å². The molecule has 0 fully saturated rings. The average molecular weight is 148 g/mol. The molecule has 4 amide bonds. The second kappa shape index (κ2) is 7.54. The molecule has 0 rings (SSSR count). The molecule has 0 aliphatic heterocycles. The third-order valence-corrected chi connectivity index (χ3v) is 0.454. The predicted octanol–water partition coefficient (Wildman–Crippen LogP) is -1.43. The monoisotopic (exact) mass is 148 g/mol. The zero-order valence-corrected chi connectivity index (χ0v) is 5.97. The van der Waals surface area contributed by atoms with E-state index in [1.807, 2.05) is 0 Å². The van der Waals surface area contributed by atoms with E-state index in [-0.39, 0.29) is 6.03 Å². The third kappa shape index (κ3) is 31.1. The first-order valence-electron chi connectivity index (χ1n) is 2.49. The van der Waals surface area contributed by atoms with Crippen LogP contribution < -0.4 is 22.1 Å². The first kappa shape index (κ1) is 11.4. The molecule has 60 valence electrons. The Bertz CT molecular complexity index is 104. The number of hydrogen-bond acceptors (Lipinski definition) is 2. The van der Waals surface area contributed by atoms with Crippen LogP contribution in [0.15, 0.2) is 0 Å². The second-order valence-corrected chi connectivity index (χ2v) is 1.23. The number of carbonyl (C=O) groups is 2. The van der Waals surface area contributed by atoms with Crippen LogP contribution in [0.1, 0.15) is 0 Å². The third-order valence-electron chi connectivity index (χ3n) is 0.454. The van der Waals surface area contributed by atoms with Crippen LogP contribution in [0, 0.1) is 0 Å². The lowest BCUT2D eigenvalue weighted by molar-refractivity contribution is 0.245. The standard InChI is InChI=1S/C3H8N2O.CH4N2O/c1-4-3(6)5-2;2-1(3)4/h1-2H3,(H2,4,5,6);(H4,2,3,4). The summed E-state index contributed by atoms with van der Waals surface area (Å²) in [6, 6.07) is -0.991. The van der Waals surface area contributed by atoms with Gasteiger partial charge in [0.2, 0.25) is 0 Å². The van der Waals surface area contributed by atoms with E-state index < -0.39 is 6.03 Å². The Balaban J connectivity index is 0. The van der Waals surface area contributed by atoms with E-state index in [0.717, 1.165) is 0 Å². The number of nitrogens with one attached hydrogen (secondary N) is 2. The van der Waals surface area contributed by atoms with Gasteiger partial charge >= 0.3 is 12.1 Å². The van der Waals surface area contributed by atoms with Crippen molar-refractivity contribution in [2.24, 2.45) is 11.5 Å². The van der Waals surface area contributed by atoms with Gasteiger partial charge in [-0.3, -0.25) is 0 Å². The molecule has 0 aliphatic carbocycles. The first-order chi connectivity index (χ1) is 4.54. The van der Waals surface area contributed by atoms with Crippen molar-refractivity contribution in [3.63, 3.8) is 0 Å². The highest BCUT2D eigenvalue weighted by molar-refractivity contribution is 5.72. The molecule has 0 saturated heterocycles. The van der Waals surface area contributed by atoms with Crippen molar-refractivity contribution in [2.45, 2.75) is 0 Å². The Hall–Kier alpha value is -1.46. The van der Waals surface area contributed by atoms with Crippen molar-refractivity contribution >= 4 is 12.1 Å². The van der Waals surface area contributed by atoms with Crippen molar-refractivity contribution in [3.8, 4) is 0 Å². The van der Waals surface area contributed by atoms with Gasteiger partial charge in [0.15, 0.2) is 0 Å². The Morgan fingerprint density at radius 1 is 1.10 bits per heavy atom. The number of hydrogen-bond donors (Lipinski definition) is 4. The fraction of sp³-hybridized carbons (Fsp3) is 0.500. The van der Waals surface area contributed by atoms with Gasteiger partial charge in [0.25, 0.3) is 0 Å². The molecule has 0 unspecified atom stereocenters. The van der Waals surface area contributed by atoms with Crippen LogP contribution in [0.3, 0.4) is 0 Å². The van der Waals surface area contributed by atoms with Crippen LogP contribution in [-0.4, -0.2) is 26.2 Å². The number of carbonyl (C=O) groups excluding carboxylic acids is 2. The summed E-state index contributed by atoms with van der Waals surface area (Å²) in [7, 11) is 3.14. The number of primary amides is 2. The molecule has 10 heavy (non-hydrogen) atoms. The fourth-order valence-corrected chi connectivity index (χ4v) is 0.125. The maximum absolute atomic E-state index is 9.96. The normalized spacial score (nSPS) is 6.60. The molecule has 0 aromatic carbocycles. The van der Waals surface area contributed by atoms with Gasteiger partial charge in [-0.05, 0) is 0 Å². The number of rotatable bonds is 0. The Morgan fingerprint density at radius 3 is 1.30 bits per heavy atom. The molecular formula is C4H12N4O2. The van der Waals surface area contributed by atoms with Gasteiger partial charge in [-0.15, -0.1) is 0 Å². The molecule has 0 atom stereocenters. The van der Waals surface area contributed by atoms with Crippen LogP contribution in [0.5, 0.6) is 0 Å². The highest BCUT2D eigenvalue weighted by Gasteiger charge is 1.81. The van der Waals surface area contributed by atoms with Gasteiger partial charge in [-0.2, -0.15) is 0 Å². The lowest BCUT2D eigenvalue weighted by Gasteiger charge is -1.91. The number of amides is 4. The highest BCUT2D eigenvalue weighted by Crippen LogP contribution is 1.48. The van der Waals surface area contributed by atoms with Gasteiger partial charge in [0.1, 0.15) is 0 Å². The van der Waals surface area contributed by atoms with Crippen molar-refractivity contribution in [2.75, 3.05) is 14.1 Å². The zero-order valence-electron chi connectivity index (χ0n) is 5.97. The molecule has 0 aliphatic rings. The minimum Gasteiger partial charge on any atom is -0.352 e. The van der Waals surface area contributed by atoms with Gasteiger partial charge in [-0.25, -0.2) is 9.59 Å². The second-order valence-electron chi connectivity index (χ2n) is 1.23. The molecule has 0 saturated carbocycles. The smallest absolute Gasteiger partial charge is 0.314 e. The van der Waals surface area contributed by atoms with E-state index in [1.54, 1.807) is 14.1 Å². The Morgan fingerprint density at radius 2 is 1.30 bits per heavy atom. The SMILES string of the molecule is CNC(=O)NC.NC(N)=O.